The molecule has 0 bridgehead atoms. The summed E-state index contributed by atoms with van der Waals surface area (Å²) >= 11 is 0. The number of rotatable bonds is 1. The van der Waals surface area contributed by atoms with Gasteiger partial charge in [0.15, 0.2) is 0 Å². The van der Waals surface area contributed by atoms with E-state index in [0.29, 0.717) is 0 Å². The molecule has 4 aromatic carbocycles. The number of hydrogen-bond acceptors (Lipinski definition) is 0. The minimum absolute atomic E-state index is 0.833. The summed E-state index contributed by atoms with van der Waals surface area (Å²) in [7, 11) is 0. The first-order valence-corrected chi connectivity index (χ1v) is 10.6. The smallest absolute Gasteiger partial charge is 0.0184 e. The summed E-state index contributed by atoms with van der Waals surface area (Å²) in [6.45, 7) is 10.7. The minimum atomic E-state index is 0.833. The van der Waals surface area contributed by atoms with Crippen molar-refractivity contribution < 1.29 is 0 Å². The van der Waals surface area contributed by atoms with E-state index in [1.807, 2.05) is 48.5 Å². The highest BCUT2D eigenvalue weighted by Gasteiger charge is 1.91. The quantitative estimate of drug-likeness (QED) is 0.301. The van der Waals surface area contributed by atoms with Crippen LogP contribution in [0.2, 0.25) is 0 Å². The maximum absolute atomic E-state index is 2.17. The predicted octanol–water partition coefficient (Wildman–Crippen LogP) is 9.01. The Morgan fingerprint density at radius 2 is 0.567 bits per heavy atom. The molecule has 30 heavy (non-hydrogen) atoms. The molecular weight excluding hydrogens is 360 g/mol. The van der Waals surface area contributed by atoms with E-state index in [1.54, 1.807) is 0 Å². The molecule has 0 saturated heterocycles. The van der Waals surface area contributed by atoms with E-state index in [4.69, 9.17) is 0 Å². The second-order valence-electron chi connectivity index (χ2n) is 7.77. The van der Waals surface area contributed by atoms with Crippen molar-refractivity contribution in [2.24, 2.45) is 5.92 Å². The van der Waals surface area contributed by atoms with Gasteiger partial charge in [-0.1, -0.05) is 153 Å². The molecule has 0 N–H and O–H groups in total. The Morgan fingerprint density at radius 3 is 0.733 bits per heavy atom. The molecule has 0 atom stereocenters. The van der Waals surface area contributed by atoms with E-state index in [2.05, 4.69) is 107 Å². The van der Waals surface area contributed by atoms with Crippen LogP contribution in [0.3, 0.4) is 0 Å². The largest absolute Gasteiger partial charge is 0.0630 e. The molecule has 0 nitrogen and oxygen atoms in total. The average Bonchev–Trinajstić information content (AvgIpc) is 2.77. The fourth-order valence-corrected chi connectivity index (χ4v) is 2.33. The van der Waals surface area contributed by atoms with Crippen LogP contribution in [0, 0.1) is 19.8 Å². The van der Waals surface area contributed by atoms with Gasteiger partial charge in [0.05, 0.1) is 0 Å². The third-order valence-electron chi connectivity index (χ3n) is 3.76. The zero-order chi connectivity index (χ0) is 22.0. The van der Waals surface area contributed by atoms with E-state index < -0.39 is 0 Å². The van der Waals surface area contributed by atoms with Gasteiger partial charge in [-0.05, 0) is 30.9 Å². The van der Waals surface area contributed by atoms with E-state index in [-0.39, 0.29) is 0 Å². The molecule has 0 aliphatic heterocycles. The lowest BCUT2D eigenvalue weighted by Gasteiger charge is -1.98. The number of hydrogen-bond donors (Lipinski definition) is 0. The Balaban J connectivity index is 0.000000217. The molecular formula is C30H36. The predicted molar refractivity (Wildman–Crippen MR) is 135 cm³/mol. The summed E-state index contributed by atoms with van der Waals surface area (Å²) in [4.78, 5) is 0. The van der Waals surface area contributed by atoms with Crippen LogP contribution in [-0.4, -0.2) is 0 Å². The molecule has 0 aliphatic rings. The average molecular weight is 397 g/mol. The highest BCUT2D eigenvalue weighted by Crippen LogP contribution is 2.17. The second kappa shape index (κ2) is 15.8. The van der Waals surface area contributed by atoms with Crippen molar-refractivity contribution in [2.45, 2.75) is 34.6 Å². The Labute approximate surface area is 184 Å². The SMILES string of the molecule is CC(C)C.Cc1ccccc1.Cc1ccccc1.c1ccc(-c2ccccc2)cc1. The third kappa shape index (κ3) is 13.1. The van der Waals surface area contributed by atoms with Gasteiger partial charge < -0.3 is 0 Å². The monoisotopic (exact) mass is 396 g/mol. The van der Waals surface area contributed by atoms with Crippen LogP contribution in [0.4, 0.5) is 0 Å². The molecule has 0 amide bonds. The van der Waals surface area contributed by atoms with Gasteiger partial charge in [0.2, 0.25) is 0 Å². The lowest BCUT2D eigenvalue weighted by Crippen LogP contribution is -1.73. The molecule has 156 valence electrons. The number of benzene rings is 4. The van der Waals surface area contributed by atoms with Crippen molar-refractivity contribution in [3.8, 4) is 11.1 Å². The molecule has 0 fully saturated rings. The number of aryl methyl sites for hydroxylation is 2. The van der Waals surface area contributed by atoms with Gasteiger partial charge in [-0.3, -0.25) is 0 Å². The van der Waals surface area contributed by atoms with Crippen LogP contribution in [0.1, 0.15) is 31.9 Å². The molecule has 0 spiro atoms. The van der Waals surface area contributed by atoms with E-state index in [0.717, 1.165) is 5.92 Å². The van der Waals surface area contributed by atoms with Crippen LogP contribution in [-0.2, 0) is 0 Å². The highest BCUT2D eigenvalue weighted by molar-refractivity contribution is 5.62. The van der Waals surface area contributed by atoms with Crippen molar-refractivity contribution in [2.75, 3.05) is 0 Å². The van der Waals surface area contributed by atoms with Gasteiger partial charge in [-0.25, -0.2) is 0 Å². The Kier molecular flexibility index (Phi) is 13.1. The first-order chi connectivity index (χ1) is 14.5. The van der Waals surface area contributed by atoms with Gasteiger partial charge in [-0.15, -0.1) is 0 Å². The van der Waals surface area contributed by atoms with Gasteiger partial charge in [0, 0.05) is 0 Å². The van der Waals surface area contributed by atoms with Gasteiger partial charge in [0.1, 0.15) is 0 Å². The zero-order valence-corrected chi connectivity index (χ0v) is 19.1. The van der Waals surface area contributed by atoms with Crippen LogP contribution in [0.15, 0.2) is 121 Å². The highest BCUT2D eigenvalue weighted by atomic mass is 14.0. The van der Waals surface area contributed by atoms with Gasteiger partial charge in [0.25, 0.3) is 0 Å². The summed E-state index contributed by atoms with van der Waals surface area (Å²) in [5.41, 5.74) is 5.20. The van der Waals surface area contributed by atoms with Gasteiger partial charge in [-0.2, -0.15) is 0 Å². The summed E-state index contributed by atoms with van der Waals surface area (Å²) in [5.74, 6) is 0.833. The molecule has 0 heterocycles. The zero-order valence-electron chi connectivity index (χ0n) is 19.1. The molecule has 4 rings (SSSR count). The summed E-state index contributed by atoms with van der Waals surface area (Å²) in [5, 5.41) is 0. The van der Waals surface area contributed by atoms with Crippen LogP contribution in [0.5, 0.6) is 0 Å². The molecule has 4 aromatic rings. The van der Waals surface area contributed by atoms with Crippen molar-refractivity contribution >= 4 is 0 Å². The van der Waals surface area contributed by atoms with Crippen molar-refractivity contribution in [1.82, 2.24) is 0 Å². The molecule has 0 aliphatic carbocycles. The maximum Gasteiger partial charge on any atom is -0.0184 e. The Morgan fingerprint density at radius 1 is 0.367 bits per heavy atom. The second-order valence-corrected chi connectivity index (χ2v) is 7.77. The van der Waals surface area contributed by atoms with Crippen molar-refractivity contribution in [1.29, 1.82) is 0 Å². The molecule has 0 saturated carbocycles. The van der Waals surface area contributed by atoms with Crippen LogP contribution in [0.25, 0.3) is 11.1 Å². The molecule has 0 radical (unpaired) electrons. The molecule has 0 unspecified atom stereocenters. The molecule has 0 aromatic heterocycles. The van der Waals surface area contributed by atoms with E-state index in [9.17, 15) is 0 Å². The first kappa shape index (κ1) is 24.9. The van der Waals surface area contributed by atoms with Crippen LogP contribution >= 0.6 is 0 Å². The molecule has 0 heteroatoms. The fourth-order valence-electron chi connectivity index (χ4n) is 2.33. The van der Waals surface area contributed by atoms with E-state index in [1.165, 1.54) is 22.3 Å². The fraction of sp³-hybridized carbons (Fsp3) is 0.200. The normalized spacial score (nSPS) is 9.13. The Hall–Kier alpha value is -3.12. The van der Waals surface area contributed by atoms with Crippen molar-refractivity contribution in [3.05, 3.63) is 132 Å². The summed E-state index contributed by atoms with van der Waals surface area (Å²) in [6.07, 6.45) is 0. The standard InChI is InChI=1S/C12H10.2C7H8.C4H10/c1-3-7-11(8-4-1)12-9-5-2-6-10-12;2*1-7-5-3-2-4-6-7;1-4(2)3/h1-10H;2*2-6H,1H3;4H,1-3H3. The summed E-state index contributed by atoms with van der Waals surface area (Å²) < 4.78 is 0. The lowest BCUT2D eigenvalue weighted by molar-refractivity contribution is 0.737. The first-order valence-electron chi connectivity index (χ1n) is 10.6. The van der Waals surface area contributed by atoms with Gasteiger partial charge >= 0.3 is 0 Å². The maximum atomic E-state index is 2.17. The van der Waals surface area contributed by atoms with Crippen LogP contribution < -0.4 is 0 Å². The summed E-state index contributed by atoms with van der Waals surface area (Å²) in [6, 6.07) is 41.3. The lowest BCUT2D eigenvalue weighted by atomic mass is 10.1. The topological polar surface area (TPSA) is 0 Å². The third-order valence-corrected chi connectivity index (χ3v) is 3.76. The Bertz CT molecular complexity index is 786. The van der Waals surface area contributed by atoms with E-state index >= 15 is 0 Å². The van der Waals surface area contributed by atoms with Crippen molar-refractivity contribution in [3.63, 3.8) is 0 Å². The minimum Gasteiger partial charge on any atom is -0.0630 e.